The van der Waals surface area contributed by atoms with Crippen molar-refractivity contribution in [3.8, 4) is 0 Å². The molecular formula is C30H37N3O4S. The van der Waals surface area contributed by atoms with Gasteiger partial charge in [0, 0.05) is 13.1 Å². The van der Waals surface area contributed by atoms with Gasteiger partial charge < -0.3 is 10.2 Å². The molecule has 0 heterocycles. The van der Waals surface area contributed by atoms with Gasteiger partial charge in [0.1, 0.15) is 12.6 Å². The summed E-state index contributed by atoms with van der Waals surface area (Å²) in [7, 11) is -4.07. The van der Waals surface area contributed by atoms with Gasteiger partial charge in [-0.15, -0.1) is 0 Å². The Hall–Kier alpha value is -3.65. The van der Waals surface area contributed by atoms with E-state index in [2.05, 4.69) is 5.32 Å². The summed E-state index contributed by atoms with van der Waals surface area (Å²) < 4.78 is 28.8. The molecule has 38 heavy (non-hydrogen) atoms. The average Bonchev–Trinajstić information content (AvgIpc) is 2.90. The van der Waals surface area contributed by atoms with E-state index in [1.807, 2.05) is 64.1 Å². The maximum Gasteiger partial charge on any atom is 0.264 e. The zero-order valence-corrected chi connectivity index (χ0v) is 23.6. The lowest BCUT2D eigenvalue weighted by molar-refractivity contribution is -0.139. The fourth-order valence-corrected chi connectivity index (χ4v) is 5.69. The first-order valence-corrected chi connectivity index (χ1v) is 14.3. The van der Waals surface area contributed by atoms with Gasteiger partial charge in [-0.05, 0) is 63.4 Å². The van der Waals surface area contributed by atoms with Gasteiger partial charge in [-0.25, -0.2) is 8.42 Å². The molecule has 8 heteroatoms. The lowest BCUT2D eigenvalue weighted by Crippen LogP contribution is -2.51. The van der Waals surface area contributed by atoms with Crippen molar-refractivity contribution in [2.24, 2.45) is 0 Å². The van der Waals surface area contributed by atoms with E-state index >= 15 is 0 Å². The molecule has 0 saturated carbocycles. The first-order chi connectivity index (χ1) is 18.0. The Balaban J connectivity index is 2.03. The minimum atomic E-state index is -4.07. The highest BCUT2D eigenvalue weighted by atomic mass is 32.2. The number of nitrogens with zero attached hydrogens (tertiary/aromatic N) is 2. The third-order valence-electron chi connectivity index (χ3n) is 6.42. The van der Waals surface area contributed by atoms with Gasteiger partial charge in [0.05, 0.1) is 10.6 Å². The fraction of sp³-hybridized carbons (Fsp3) is 0.333. The number of carbonyl (C=O) groups excluding carboxylic acids is 2. The smallest absolute Gasteiger partial charge is 0.264 e. The molecule has 3 aromatic rings. The largest absolute Gasteiger partial charge is 0.354 e. The molecule has 3 rings (SSSR count). The first-order valence-electron chi connectivity index (χ1n) is 12.8. The number of amides is 2. The number of nitrogens with one attached hydrogen (secondary N) is 1. The van der Waals surface area contributed by atoms with Crippen LogP contribution in [0.5, 0.6) is 0 Å². The van der Waals surface area contributed by atoms with Crippen LogP contribution in [0.4, 0.5) is 5.69 Å². The summed E-state index contributed by atoms with van der Waals surface area (Å²) in [5.74, 6) is -0.750. The highest BCUT2D eigenvalue weighted by Gasteiger charge is 2.33. The van der Waals surface area contributed by atoms with Crippen LogP contribution >= 0.6 is 0 Å². The maximum absolute atomic E-state index is 13.9. The SMILES string of the molecule is CCCNC(=O)[C@@H](C)N(Cc1ccc(C)cc1)C(=O)CN(c1ccc(C)cc1C)S(=O)(=O)c1ccccc1. The number of carbonyl (C=O) groups is 2. The van der Waals surface area contributed by atoms with E-state index in [-0.39, 0.29) is 17.3 Å². The Morgan fingerprint density at radius 2 is 1.53 bits per heavy atom. The minimum absolute atomic E-state index is 0.0894. The van der Waals surface area contributed by atoms with Gasteiger partial charge >= 0.3 is 0 Å². The zero-order valence-electron chi connectivity index (χ0n) is 22.8. The number of anilines is 1. The van der Waals surface area contributed by atoms with Gasteiger partial charge in [0.15, 0.2) is 0 Å². The molecule has 1 N–H and O–H groups in total. The van der Waals surface area contributed by atoms with E-state index < -0.39 is 28.5 Å². The predicted octanol–water partition coefficient (Wildman–Crippen LogP) is 4.75. The highest BCUT2D eigenvalue weighted by Crippen LogP contribution is 2.28. The van der Waals surface area contributed by atoms with Crippen LogP contribution in [-0.4, -0.2) is 44.3 Å². The third kappa shape index (κ3) is 7.01. The average molecular weight is 536 g/mol. The molecule has 7 nitrogen and oxygen atoms in total. The molecule has 2 amide bonds. The Morgan fingerprint density at radius 1 is 0.895 bits per heavy atom. The number of hydrogen-bond acceptors (Lipinski definition) is 4. The van der Waals surface area contributed by atoms with Gasteiger partial charge in [-0.2, -0.15) is 0 Å². The fourth-order valence-electron chi connectivity index (χ4n) is 4.19. The second kappa shape index (κ2) is 12.7. The summed E-state index contributed by atoms with van der Waals surface area (Å²) in [5, 5.41) is 2.85. The lowest BCUT2D eigenvalue weighted by atomic mass is 10.1. The predicted molar refractivity (Wildman–Crippen MR) is 151 cm³/mol. The van der Waals surface area contributed by atoms with Crippen molar-refractivity contribution in [1.29, 1.82) is 0 Å². The van der Waals surface area contributed by atoms with Crippen LogP contribution < -0.4 is 9.62 Å². The van der Waals surface area contributed by atoms with Crippen LogP contribution in [0.15, 0.2) is 77.7 Å². The topological polar surface area (TPSA) is 86.8 Å². The molecule has 0 aliphatic rings. The molecule has 202 valence electrons. The van der Waals surface area contributed by atoms with Crippen molar-refractivity contribution in [3.05, 3.63) is 95.1 Å². The lowest BCUT2D eigenvalue weighted by Gasteiger charge is -2.32. The quantitative estimate of drug-likeness (QED) is 0.384. The van der Waals surface area contributed by atoms with Crippen molar-refractivity contribution in [2.75, 3.05) is 17.4 Å². The van der Waals surface area contributed by atoms with Crippen LogP contribution in [0.25, 0.3) is 0 Å². The molecule has 0 bridgehead atoms. The van der Waals surface area contributed by atoms with Crippen molar-refractivity contribution >= 4 is 27.5 Å². The van der Waals surface area contributed by atoms with Crippen LogP contribution in [0.3, 0.4) is 0 Å². The van der Waals surface area contributed by atoms with Crippen LogP contribution in [0.1, 0.15) is 42.5 Å². The monoisotopic (exact) mass is 535 g/mol. The van der Waals surface area contributed by atoms with E-state index in [1.54, 1.807) is 31.2 Å². The highest BCUT2D eigenvalue weighted by molar-refractivity contribution is 7.92. The van der Waals surface area contributed by atoms with Crippen LogP contribution in [0, 0.1) is 20.8 Å². The van der Waals surface area contributed by atoms with Crippen molar-refractivity contribution in [1.82, 2.24) is 10.2 Å². The molecule has 3 aromatic carbocycles. The Labute approximate surface area is 226 Å². The van der Waals surface area contributed by atoms with Crippen molar-refractivity contribution in [3.63, 3.8) is 0 Å². The number of aryl methyl sites for hydroxylation is 3. The van der Waals surface area contributed by atoms with E-state index in [4.69, 9.17) is 0 Å². The van der Waals surface area contributed by atoms with Crippen LogP contribution in [0.2, 0.25) is 0 Å². The summed E-state index contributed by atoms with van der Waals surface area (Å²) in [6, 6.07) is 20.4. The molecule has 0 spiro atoms. The van der Waals surface area contributed by atoms with E-state index in [1.165, 1.54) is 17.0 Å². The maximum atomic E-state index is 13.9. The second-order valence-corrected chi connectivity index (χ2v) is 11.5. The van der Waals surface area contributed by atoms with Gasteiger partial charge in [0.25, 0.3) is 10.0 Å². The summed E-state index contributed by atoms with van der Waals surface area (Å²) in [5.41, 5.74) is 4.07. The number of rotatable bonds is 11. The molecular weight excluding hydrogens is 498 g/mol. The molecule has 0 saturated heterocycles. The molecule has 0 aliphatic carbocycles. The summed E-state index contributed by atoms with van der Waals surface area (Å²) in [6.07, 6.45) is 0.764. The summed E-state index contributed by atoms with van der Waals surface area (Å²) >= 11 is 0. The summed E-state index contributed by atoms with van der Waals surface area (Å²) in [6.45, 7) is 9.57. The van der Waals surface area contributed by atoms with Crippen LogP contribution in [-0.2, 0) is 26.2 Å². The van der Waals surface area contributed by atoms with E-state index in [0.717, 1.165) is 33.0 Å². The summed E-state index contributed by atoms with van der Waals surface area (Å²) in [4.78, 5) is 28.4. The van der Waals surface area contributed by atoms with Gasteiger partial charge in [0.2, 0.25) is 11.8 Å². The van der Waals surface area contributed by atoms with Gasteiger partial charge in [-0.3, -0.25) is 13.9 Å². The first kappa shape index (κ1) is 28.9. The Bertz CT molecular complexity index is 1360. The number of benzene rings is 3. The normalized spacial score (nSPS) is 12.0. The molecule has 1 atom stereocenters. The molecule has 0 aromatic heterocycles. The number of hydrogen-bond donors (Lipinski definition) is 1. The van der Waals surface area contributed by atoms with Crippen molar-refractivity contribution < 1.29 is 18.0 Å². The number of sulfonamides is 1. The molecule has 0 radical (unpaired) electrons. The molecule has 0 aliphatic heterocycles. The Morgan fingerprint density at radius 3 is 2.13 bits per heavy atom. The van der Waals surface area contributed by atoms with Crippen molar-refractivity contribution in [2.45, 2.75) is 58.5 Å². The zero-order chi connectivity index (χ0) is 27.9. The second-order valence-electron chi connectivity index (χ2n) is 9.59. The third-order valence-corrected chi connectivity index (χ3v) is 8.20. The Kier molecular flexibility index (Phi) is 9.69. The molecule has 0 unspecified atom stereocenters. The van der Waals surface area contributed by atoms with Gasteiger partial charge in [-0.1, -0.05) is 72.6 Å². The standard InChI is InChI=1S/C30H37N3O4S/c1-6-18-31-30(35)25(5)32(20-26-15-12-22(2)13-16-26)29(34)21-33(28-17-14-23(3)19-24(28)4)38(36,37)27-10-8-7-9-11-27/h7-17,19,25H,6,18,20-21H2,1-5H3,(H,31,35)/t25-/m1/s1. The minimum Gasteiger partial charge on any atom is -0.354 e. The van der Waals surface area contributed by atoms with E-state index in [9.17, 15) is 18.0 Å². The van der Waals surface area contributed by atoms with E-state index in [0.29, 0.717) is 12.2 Å². The molecule has 0 fully saturated rings.